The zero-order chi connectivity index (χ0) is 15.9. The highest BCUT2D eigenvalue weighted by Gasteiger charge is 2.26. The fourth-order valence-corrected chi connectivity index (χ4v) is 3.09. The van der Waals surface area contributed by atoms with Crippen LogP contribution in [-0.2, 0) is 9.59 Å². The summed E-state index contributed by atoms with van der Waals surface area (Å²) in [6.07, 6.45) is 5.55. The van der Waals surface area contributed by atoms with Gasteiger partial charge in [-0.05, 0) is 52.0 Å². The van der Waals surface area contributed by atoms with Crippen LogP contribution < -0.4 is 5.32 Å². The van der Waals surface area contributed by atoms with Crippen LogP contribution in [0.5, 0.6) is 0 Å². The lowest BCUT2D eigenvalue weighted by Crippen LogP contribution is -2.45. The van der Waals surface area contributed by atoms with E-state index in [1.807, 2.05) is 18.7 Å². The monoisotopic (exact) mass is 309 g/mol. The summed E-state index contributed by atoms with van der Waals surface area (Å²) in [7, 11) is 0. The number of hydrogen-bond acceptors (Lipinski definition) is 3. The molecule has 0 aromatic carbocycles. The van der Waals surface area contributed by atoms with Crippen LogP contribution >= 0.6 is 0 Å². The first kappa shape index (κ1) is 17.3. The number of carbonyl (C=O) groups is 2. The van der Waals surface area contributed by atoms with Gasteiger partial charge in [0.05, 0.1) is 0 Å². The fourth-order valence-electron chi connectivity index (χ4n) is 3.09. The highest BCUT2D eigenvalue weighted by Crippen LogP contribution is 2.28. The molecular formula is C17H31N3O2. The molecule has 0 atom stereocenters. The third-order valence-electron chi connectivity index (χ3n) is 4.91. The molecule has 2 aliphatic rings. The molecule has 126 valence electrons. The van der Waals surface area contributed by atoms with Crippen LogP contribution in [0.4, 0.5) is 0 Å². The summed E-state index contributed by atoms with van der Waals surface area (Å²) in [5.74, 6) is 1.14. The summed E-state index contributed by atoms with van der Waals surface area (Å²) >= 11 is 0. The minimum absolute atomic E-state index is 0.0966. The highest BCUT2D eigenvalue weighted by atomic mass is 16.2. The van der Waals surface area contributed by atoms with Gasteiger partial charge < -0.3 is 15.1 Å². The number of piperidine rings is 1. The first-order chi connectivity index (χ1) is 10.6. The largest absolute Gasteiger partial charge is 0.343 e. The van der Waals surface area contributed by atoms with Crippen molar-refractivity contribution in [3.8, 4) is 0 Å². The number of amides is 2. The molecular weight excluding hydrogens is 278 g/mol. The van der Waals surface area contributed by atoms with Crippen molar-refractivity contribution in [2.24, 2.45) is 5.92 Å². The molecule has 0 bridgehead atoms. The predicted molar refractivity (Wildman–Crippen MR) is 87.5 cm³/mol. The second-order valence-corrected chi connectivity index (χ2v) is 6.57. The van der Waals surface area contributed by atoms with Gasteiger partial charge in [0.15, 0.2) is 0 Å². The lowest BCUT2D eigenvalue weighted by Gasteiger charge is -2.32. The van der Waals surface area contributed by atoms with E-state index in [4.69, 9.17) is 0 Å². The molecule has 1 aliphatic heterocycles. The molecule has 1 heterocycles. The highest BCUT2D eigenvalue weighted by molar-refractivity contribution is 5.83. The van der Waals surface area contributed by atoms with Gasteiger partial charge in [0.25, 0.3) is 0 Å². The molecule has 0 radical (unpaired) electrons. The molecule has 1 N–H and O–H groups in total. The number of rotatable bonds is 8. The summed E-state index contributed by atoms with van der Waals surface area (Å²) in [6.45, 7) is 8.21. The molecule has 2 fully saturated rings. The zero-order valence-electron chi connectivity index (χ0n) is 14.1. The van der Waals surface area contributed by atoms with Crippen molar-refractivity contribution in [1.82, 2.24) is 15.1 Å². The molecule has 1 aliphatic carbocycles. The number of likely N-dealkylation sites (tertiary alicyclic amines) is 1. The van der Waals surface area contributed by atoms with Crippen LogP contribution in [0.1, 0.15) is 52.4 Å². The van der Waals surface area contributed by atoms with Gasteiger partial charge in [-0.2, -0.15) is 0 Å². The van der Waals surface area contributed by atoms with Crippen LogP contribution in [0.2, 0.25) is 0 Å². The Balaban J connectivity index is 1.62. The summed E-state index contributed by atoms with van der Waals surface area (Å²) < 4.78 is 0. The van der Waals surface area contributed by atoms with Gasteiger partial charge in [-0.15, -0.1) is 0 Å². The van der Waals surface area contributed by atoms with E-state index < -0.39 is 0 Å². The lowest BCUT2D eigenvalue weighted by atomic mass is 10.0. The van der Waals surface area contributed by atoms with E-state index in [1.54, 1.807) is 4.90 Å². The molecule has 22 heavy (non-hydrogen) atoms. The minimum Gasteiger partial charge on any atom is -0.343 e. The Morgan fingerprint density at radius 3 is 2.23 bits per heavy atom. The van der Waals surface area contributed by atoms with Crippen molar-refractivity contribution in [3.05, 3.63) is 0 Å². The smallest absolute Gasteiger partial charge is 0.223 e. The molecule has 1 saturated carbocycles. The Hall–Kier alpha value is -1.10. The van der Waals surface area contributed by atoms with Crippen molar-refractivity contribution in [2.45, 2.75) is 58.4 Å². The van der Waals surface area contributed by atoms with Crippen molar-refractivity contribution in [2.75, 3.05) is 32.7 Å². The van der Waals surface area contributed by atoms with Crippen molar-refractivity contribution in [3.63, 3.8) is 0 Å². The van der Waals surface area contributed by atoms with Crippen molar-refractivity contribution >= 4 is 11.8 Å². The molecule has 1 saturated heterocycles. The van der Waals surface area contributed by atoms with E-state index in [2.05, 4.69) is 5.32 Å². The van der Waals surface area contributed by atoms with E-state index >= 15 is 0 Å². The van der Waals surface area contributed by atoms with Crippen LogP contribution in [0.15, 0.2) is 0 Å². The van der Waals surface area contributed by atoms with Gasteiger partial charge in [-0.1, -0.05) is 0 Å². The first-order valence-corrected chi connectivity index (χ1v) is 8.93. The van der Waals surface area contributed by atoms with Gasteiger partial charge >= 0.3 is 0 Å². The van der Waals surface area contributed by atoms with E-state index in [9.17, 15) is 9.59 Å². The molecule has 2 rings (SSSR count). The summed E-state index contributed by atoms with van der Waals surface area (Å²) in [5, 5.41) is 3.62. The normalized spacial score (nSPS) is 19.3. The zero-order valence-corrected chi connectivity index (χ0v) is 14.1. The average molecular weight is 309 g/mol. The minimum atomic E-state index is 0.0966. The van der Waals surface area contributed by atoms with E-state index in [0.717, 1.165) is 51.5 Å². The molecule has 0 spiro atoms. The Bertz CT molecular complexity index is 370. The number of nitrogens with zero attached hydrogens (tertiary/aromatic N) is 2. The maximum Gasteiger partial charge on any atom is 0.223 e. The Morgan fingerprint density at radius 1 is 1.05 bits per heavy atom. The summed E-state index contributed by atoms with van der Waals surface area (Å²) in [6, 6.07) is 0.571. The molecule has 0 aromatic rings. The Labute approximate surface area is 134 Å². The van der Waals surface area contributed by atoms with Gasteiger partial charge in [0.2, 0.25) is 11.8 Å². The number of hydrogen-bond donors (Lipinski definition) is 1. The van der Waals surface area contributed by atoms with E-state index in [0.29, 0.717) is 18.9 Å². The fraction of sp³-hybridized carbons (Fsp3) is 0.882. The predicted octanol–water partition coefficient (Wildman–Crippen LogP) is 1.63. The Morgan fingerprint density at radius 2 is 1.68 bits per heavy atom. The second-order valence-electron chi connectivity index (χ2n) is 6.57. The lowest BCUT2D eigenvalue weighted by molar-refractivity contribution is -0.137. The number of nitrogens with one attached hydrogen (secondary N) is 1. The molecule has 2 amide bonds. The van der Waals surface area contributed by atoms with Crippen LogP contribution in [0, 0.1) is 5.92 Å². The average Bonchev–Trinajstić information content (AvgIpc) is 3.36. The van der Waals surface area contributed by atoms with Crippen LogP contribution in [0.25, 0.3) is 0 Å². The standard InChI is InChI=1S/C17H31N3O2/c1-3-19(4-2)16(21)7-8-17(22)20-11-9-15(10-12-20)18-13-14-5-6-14/h14-15,18H,3-13H2,1-2H3. The first-order valence-electron chi connectivity index (χ1n) is 8.93. The quantitative estimate of drug-likeness (QED) is 0.741. The molecule has 5 nitrogen and oxygen atoms in total. The molecule has 0 unspecified atom stereocenters. The third kappa shape index (κ3) is 5.27. The third-order valence-corrected chi connectivity index (χ3v) is 4.91. The van der Waals surface area contributed by atoms with Crippen molar-refractivity contribution < 1.29 is 9.59 Å². The molecule has 0 aromatic heterocycles. The van der Waals surface area contributed by atoms with Crippen LogP contribution in [-0.4, -0.2) is 60.4 Å². The van der Waals surface area contributed by atoms with Gasteiger partial charge in [0, 0.05) is 45.1 Å². The van der Waals surface area contributed by atoms with E-state index in [-0.39, 0.29) is 11.8 Å². The van der Waals surface area contributed by atoms with Gasteiger partial charge in [-0.25, -0.2) is 0 Å². The van der Waals surface area contributed by atoms with Crippen molar-refractivity contribution in [1.29, 1.82) is 0 Å². The second kappa shape index (κ2) is 8.51. The van der Waals surface area contributed by atoms with Gasteiger partial charge in [-0.3, -0.25) is 9.59 Å². The van der Waals surface area contributed by atoms with Crippen LogP contribution in [0.3, 0.4) is 0 Å². The maximum absolute atomic E-state index is 12.2. The maximum atomic E-state index is 12.2. The SMILES string of the molecule is CCN(CC)C(=O)CCC(=O)N1CCC(NCC2CC2)CC1. The van der Waals surface area contributed by atoms with E-state index in [1.165, 1.54) is 12.8 Å². The number of carbonyl (C=O) groups excluding carboxylic acids is 2. The molecule has 5 heteroatoms. The topological polar surface area (TPSA) is 52.7 Å². The van der Waals surface area contributed by atoms with Gasteiger partial charge in [0.1, 0.15) is 0 Å². The summed E-state index contributed by atoms with van der Waals surface area (Å²) in [4.78, 5) is 27.9. The Kier molecular flexibility index (Phi) is 6.68. The summed E-state index contributed by atoms with van der Waals surface area (Å²) in [5.41, 5.74) is 0.